The predicted molar refractivity (Wildman–Crippen MR) is 59.5 cm³/mol. The predicted octanol–water partition coefficient (Wildman–Crippen LogP) is 2.80. The number of halogens is 3. The molecular weight excluding hydrogens is 269 g/mol. The Morgan fingerprint density at radius 2 is 1.89 bits per heavy atom. The third-order valence-electron chi connectivity index (χ3n) is 4.24. The number of allylic oxidation sites excluding steroid dienone is 2. The Balaban J connectivity index is 2.25. The monoisotopic (exact) mass is 284 g/mol. The molecule has 1 fully saturated rings. The van der Waals surface area contributed by atoms with E-state index in [1.54, 1.807) is 0 Å². The average molecular weight is 284 g/mol. The van der Waals surface area contributed by atoms with E-state index in [9.17, 15) is 21.6 Å². The molecule has 0 saturated heterocycles. The average Bonchev–Trinajstić information content (AvgIpc) is 2.75. The van der Waals surface area contributed by atoms with E-state index in [0.29, 0.717) is 13.3 Å². The molecule has 3 nitrogen and oxygen atoms in total. The molecule has 1 saturated carbocycles. The van der Waals surface area contributed by atoms with Gasteiger partial charge in [-0.1, -0.05) is 12.2 Å². The lowest BCUT2D eigenvalue weighted by atomic mass is 9.85. The van der Waals surface area contributed by atoms with E-state index in [0.717, 1.165) is 6.42 Å². The molecule has 0 aromatic carbocycles. The zero-order valence-corrected chi connectivity index (χ0v) is 10.6. The highest BCUT2D eigenvalue weighted by atomic mass is 32.2. The van der Waals surface area contributed by atoms with Gasteiger partial charge in [-0.05, 0) is 43.9 Å². The summed E-state index contributed by atoms with van der Waals surface area (Å²) in [5, 5.41) is 0. The molecule has 2 bridgehead atoms. The third-order valence-corrected chi connectivity index (χ3v) is 5.77. The molecule has 18 heavy (non-hydrogen) atoms. The fourth-order valence-electron chi connectivity index (χ4n) is 3.00. The van der Waals surface area contributed by atoms with Crippen LogP contribution >= 0.6 is 0 Å². The molecule has 0 aliphatic heterocycles. The number of rotatable bonds is 3. The van der Waals surface area contributed by atoms with Gasteiger partial charge >= 0.3 is 6.18 Å². The molecule has 0 spiro atoms. The lowest BCUT2D eigenvalue weighted by Gasteiger charge is -2.33. The van der Waals surface area contributed by atoms with Crippen molar-refractivity contribution in [3.05, 3.63) is 12.2 Å². The second-order valence-electron chi connectivity index (χ2n) is 5.45. The molecule has 7 heteroatoms. The summed E-state index contributed by atoms with van der Waals surface area (Å²) in [6, 6.07) is 0. The van der Waals surface area contributed by atoms with Crippen molar-refractivity contribution >= 4 is 10.1 Å². The topological polar surface area (TPSA) is 54.4 Å². The molecule has 2 aliphatic carbocycles. The van der Waals surface area contributed by atoms with Crippen LogP contribution in [0.2, 0.25) is 0 Å². The molecule has 0 aromatic rings. The third kappa shape index (κ3) is 2.07. The van der Waals surface area contributed by atoms with E-state index in [-0.39, 0.29) is 17.8 Å². The molecule has 4 unspecified atom stereocenters. The van der Waals surface area contributed by atoms with Crippen molar-refractivity contribution in [3.8, 4) is 0 Å². The fraction of sp³-hybridized carbons (Fsp3) is 0.818. The van der Waals surface area contributed by atoms with E-state index in [1.165, 1.54) is 0 Å². The highest BCUT2D eigenvalue weighted by Gasteiger charge is 2.61. The van der Waals surface area contributed by atoms with Crippen LogP contribution < -0.4 is 0 Å². The highest BCUT2D eigenvalue weighted by molar-refractivity contribution is 7.87. The Kier molecular flexibility index (Phi) is 3.05. The lowest BCUT2D eigenvalue weighted by Crippen LogP contribution is -2.50. The quantitative estimate of drug-likeness (QED) is 0.640. The first-order chi connectivity index (χ1) is 8.04. The molecule has 104 valence electrons. The van der Waals surface area contributed by atoms with Gasteiger partial charge in [-0.15, -0.1) is 0 Å². The van der Waals surface area contributed by atoms with E-state index < -0.39 is 27.5 Å². The van der Waals surface area contributed by atoms with Gasteiger partial charge in [-0.3, -0.25) is 4.55 Å². The van der Waals surface area contributed by atoms with Gasteiger partial charge in [0.2, 0.25) is 0 Å². The Morgan fingerprint density at radius 1 is 1.28 bits per heavy atom. The second kappa shape index (κ2) is 3.96. The maximum absolute atomic E-state index is 12.9. The molecule has 0 amide bonds. The molecule has 1 N–H and O–H groups in total. The van der Waals surface area contributed by atoms with Gasteiger partial charge in [-0.2, -0.15) is 21.6 Å². The van der Waals surface area contributed by atoms with Crippen LogP contribution in [0.5, 0.6) is 0 Å². The van der Waals surface area contributed by atoms with Crippen molar-refractivity contribution in [2.45, 2.75) is 37.1 Å². The van der Waals surface area contributed by atoms with Gasteiger partial charge in [-0.25, -0.2) is 0 Å². The number of hydrogen-bond donors (Lipinski definition) is 1. The van der Waals surface area contributed by atoms with Crippen LogP contribution in [0.15, 0.2) is 12.2 Å². The number of hydrogen-bond acceptors (Lipinski definition) is 2. The van der Waals surface area contributed by atoms with Crippen LogP contribution in [0.3, 0.4) is 0 Å². The normalized spacial score (nSPS) is 34.8. The number of alkyl halides is 3. The smallest absolute Gasteiger partial charge is 0.285 e. The SMILES string of the molecule is CC(CC1CC2C=CC1C2)(C(F)(F)F)S(=O)(=O)O. The zero-order valence-electron chi connectivity index (χ0n) is 9.81. The molecule has 0 heterocycles. The standard InChI is InChI=1S/C11H15F3O3S/c1-10(11(12,13)14,18(15,16)17)6-9-5-7-2-3-8(9)4-7/h2-3,7-9H,4-6H2,1H3,(H,15,16,17). The van der Waals surface area contributed by atoms with E-state index >= 15 is 0 Å². The minimum absolute atomic E-state index is 0.0124. The van der Waals surface area contributed by atoms with Gasteiger partial charge in [0.15, 0.2) is 4.75 Å². The molecule has 0 aromatic heterocycles. The minimum atomic E-state index is -5.18. The van der Waals surface area contributed by atoms with Gasteiger partial charge < -0.3 is 0 Å². The van der Waals surface area contributed by atoms with E-state index in [4.69, 9.17) is 4.55 Å². The summed E-state index contributed by atoms with van der Waals surface area (Å²) >= 11 is 0. The van der Waals surface area contributed by atoms with Gasteiger partial charge in [0.1, 0.15) is 0 Å². The van der Waals surface area contributed by atoms with Crippen molar-refractivity contribution in [3.63, 3.8) is 0 Å². The van der Waals surface area contributed by atoms with Gasteiger partial charge in [0.25, 0.3) is 10.1 Å². The largest absolute Gasteiger partial charge is 0.410 e. The summed E-state index contributed by atoms with van der Waals surface area (Å²) in [5.74, 6) is -0.0501. The summed E-state index contributed by atoms with van der Waals surface area (Å²) in [5.41, 5.74) is 0. The maximum atomic E-state index is 12.9. The van der Waals surface area contributed by atoms with Gasteiger partial charge in [0, 0.05) is 0 Å². The maximum Gasteiger partial charge on any atom is 0.410 e. The van der Waals surface area contributed by atoms with Crippen LogP contribution in [-0.2, 0) is 10.1 Å². The first-order valence-corrected chi connectivity index (χ1v) is 7.21. The molecule has 2 rings (SSSR count). The summed E-state index contributed by atoms with van der Waals surface area (Å²) in [6.45, 7) is 0.567. The Morgan fingerprint density at radius 3 is 2.22 bits per heavy atom. The summed E-state index contributed by atoms with van der Waals surface area (Å²) in [6.07, 6.45) is -0.335. The van der Waals surface area contributed by atoms with Crippen LogP contribution in [0.4, 0.5) is 13.2 Å². The molecule has 2 aliphatic rings. The van der Waals surface area contributed by atoms with Crippen molar-refractivity contribution in [2.24, 2.45) is 17.8 Å². The van der Waals surface area contributed by atoms with Crippen LogP contribution in [0.25, 0.3) is 0 Å². The van der Waals surface area contributed by atoms with Crippen molar-refractivity contribution in [1.29, 1.82) is 0 Å². The molecule has 0 radical (unpaired) electrons. The molecule has 4 atom stereocenters. The van der Waals surface area contributed by atoms with Crippen LogP contribution in [0.1, 0.15) is 26.2 Å². The van der Waals surface area contributed by atoms with Crippen molar-refractivity contribution < 1.29 is 26.1 Å². The number of fused-ring (bicyclic) bond motifs is 2. The van der Waals surface area contributed by atoms with Crippen molar-refractivity contribution in [2.75, 3.05) is 0 Å². The van der Waals surface area contributed by atoms with E-state index in [2.05, 4.69) is 0 Å². The Bertz CT molecular complexity index is 468. The minimum Gasteiger partial charge on any atom is -0.285 e. The summed E-state index contributed by atoms with van der Waals surface area (Å²) in [7, 11) is -5.18. The Hall–Kier alpha value is -0.560. The summed E-state index contributed by atoms with van der Waals surface area (Å²) in [4.78, 5) is 0. The van der Waals surface area contributed by atoms with Crippen LogP contribution in [0, 0.1) is 17.8 Å². The lowest BCUT2D eigenvalue weighted by molar-refractivity contribution is -0.163. The highest BCUT2D eigenvalue weighted by Crippen LogP contribution is 2.50. The van der Waals surface area contributed by atoms with Crippen molar-refractivity contribution in [1.82, 2.24) is 0 Å². The first-order valence-electron chi connectivity index (χ1n) is 5.77. The summed E-state index contributed by atoms with van der Waals surface area (Å²) < 4.78 is 66.9. The van der Waals surface area contributed by atoms with E-state index in [1.807, 2.05) is 12.2 Å². The second-order valence-corrected chi connectivity index (χ2v) is 7.30. The first kappa shape index (κ1) is 13.9. The van der Waals surface area contributed by atoms with Gasteiger partial charge in [0.05, 0.1) is 0 Å². The Labute approximate surface area is 104 Å². The fourth-order valence-corrected chi connectivity index (χ4v) is 3.71. The molecular formula is C11H15F3O3S. The van der Waals surface area contributed by atoms with Crippen LogP contribution in [-0.4, -0.2) is 23.9 Å². The zero-order chi connectivity index (χ0) is 13.8.